The van der Waals surface area contributed by atoms with E-state index in [0.29, 0.717) is 5.39 Å². The van der Waals surface area contributed by atoms with Crippen LogP contribution < -0.4 is 0 Å². The predicted molar refractivity (Wildman–Crippen MR) is 122 cm³/mol. The molecule has 0 fully saturated rings. The SMILES string of the molecule is Oc1cc2cc3cc4cc5cc6ccccc6cc5cc4cc3cc2c(C(F)(F)F)c1O. The van der Waals surface area contributed by atoms with Gasteiger partial charge in [0.15, 0.2) is 11.5 Å². The molecule has 5 heteroatoms. The first-order chi connectivity index (χ1) is 15.3. The highest BCUT2D eigenvalue weighted by atomic mass is 19.4. The van der Waals surface area contributed by atoms with Crippen LogP contribution in [-0.4, -0.2) is 10.2 Å². The van der Waals surface area contributed by atoms with Crippen LogP contribution in [0.4, 0.5) is 13.2 Å². The standard InChI is InChI=1S/C27H15F3O2/c28-27(29,30)25-23-12-21-10-19-8-17-6-15-4-2-1-3-14(15)5-16(17)7-18(19)9-20(21)11-22(23)13-24(31)26(25)32/h1-13,31-32H. The minimum atomic E-state index is -4.80. The van der Waals surface area contributed by atoms with E-state index in [9.17, 15) is 23.4 Å². The number of hydrogen-bond donors (Lipinski definition) is 2. The van der Waals surface area contributed by atoms with Gasteiger partial charge in [0.25, 0.3) is 0 Å². The number of alkyl halides is 3. The minimum absolute atomic E-state index is 0.147. The molecule has 0 spiro atoms. The fourth-order valence-corrected chi connectivity index (χ4v) is 4.61. The second-order valence-electron chi connectivity index (χ2n) is 8.14. The first-order valence-electron chi connectivity index (χ1n) is 10.0. The largest absolute Gasteiger partial charge is 0.504 e. The number of halogens is 3. The van der Waals surface area contributed by atoms with Gasteiger partial charge in [0.2, 0.25) is 0 Å². The lowest BCUT2D eigenvalue weighted by molar-refractivity contribution is -0.137. The topological polar surface area (TPSA) is 40.5 Å². The maximum atomic E-state index is 13.6. The molecule has 6 rings (SSSR count). The molecular weight excluding hydrogens is 413 g/mol. The molecule has 32 heavy (non-hydrogen) atoms. The molecule has 156 valence electrons. The fourth-order valence-electron chi connectivity index (χ4n) is 4.61. The highest BCUT2D eigenvalue weighted by molar-refractivity contribution is 6.10. The van der Waals surface area contributed by atoms with Crippen molar-refractivity contribution in [3.8, 4) is 11.5 Å². The molecule has 0 heterocycles. The van der Waals surface area contributed by atoms with E-state index >= 15 is 0 Å². The normalized spacial score (nSPS) is 12.5. The number of phenolic OH excluding ortho intramolecular Hbond substituents is 2. The zero-order valence-electron chi connectivity index (χ0n) is 16.5. The summed E-state index contributed by atoms with van der Waals surface area (Å²) >= 11 is 0. The molecule has 0 aliphatic heterocycles. The average molecular weight is 428 g/mol. The second kappa shape index (κ2) is 6.26. The fraction of sp³-hybridized carbons (Fsp3) is 0.0370. The zero-order chi connectivity index (χ0) is 22.2. The van der Waals surface area contributed by atoms with E-state index in [1.165, 1.54) is 6.07 Å². The van der Waals surface area contributed by atoms with Crippen molar-refractivity contribution < 1.29 is 23.4 Å². The van der Waals surface area contributed by atoms with E-state index in [-0.39, 0.29) is 10.8 Å². The number of phenols is 2. The van der Waals surface area contributed by atoms with Crippen molar-refractivity contribution in [2.45, 2.75) is 6.18 Å². The number of fused-ring (bicyclic) bond motifs is 5. The third kappa shape index (κ3) is 2.74. The third-order valence-electron chi connectivity index (χ3n) is 6.11. The van der Waals surface area contributed by atoms with Crippen LogP contribution in [0.2, 0.25) is 0 Å². The van der Waals surface area contributed by atoms with Crippen molar-refractivity contribution in [1.29, 1.82) is 0 Å². The lowest BCUT2D eigenvalue weighted by Gasteiger charge is -2.15. The molecule has 0 aromatic heterocycles. The van der Waals surface area contributed by atoms with Crippen molar-refractivity contribution in [2.75, 3.05) is 0 Å². The Morgan fingerprint density at radius 3 is 1.38 bits per heavy atom. The van der Waals surface area contributed by atoms with E-state index < -0.39 is 23.2 Å². The van der Waals surface area contributed by atoms with Gasteiger partial charge >= 0.3 is 6.18 Å². The Morgan fingerprint density at radius 2 is 0.906 bits per heavy atom. The molecule has 0 unspecified atom stereocenters. The molecule has 2 N–H and O–H groups in total. The Balaban J connectivity index is 1.69. The molecular formula is C27H15F3O2. The predicted octanol–water partition coefficient (Wildman–Crippen LogP) is 7.88. The van der Waals surface area contributed by atoms with Crippen LogP contribution in [0.3, 0.4) is 0 Å². The van der Waals surface area contributed by atoms with Gasteiger partial charge in [-0.3, -0.25) is 0 Å². The lowest BCUT2D eigenvalue weighted by Crippen LogP contribution is -2.06. The average Bonchev–Trinajstić information content (AvgIpc) is 2.73. The number of rotatable bonds is 0. The van der Waals surface area contributed by atoms with Gasteiger partial charge in [0, 0.05) is 0 Å². The Kier molecular flexibility index (Phi) is 3.67. The molecule has 6 aromatic carbocycles. The van der Waals surface area contributed by atoms with Crippen LogP contribution in [0.1, 0.15) is 5.56 Å². The smallest absolute Gasteiger partial charge is 0.420 e. The summed E-state index contributed by atoms with van der Waals surface area (Å²) in [6, 6.07) is 24.5. The Labute approximate surface area is 179 Å². The molecule has 2 nitrogen and oxygen atoms in total. The molecule has 0 atom stereocenters. The van der Waals surface area contributed by atoms with Gasteiger partial charge in [-0.15, -0.1) is 0 Å². The first kappa shape index (κ1) is 18.8. The van der Waals surface area contributed by atoms with E-state index in [4.69, 9.17) is 0 Å². The summed E-state index contributed by atoms with van der Waals surface area (Å²) in [6.45, 7) is 0. The Bertz CT molecular complexity index is 1730. The summed E-state index contributed by atoms with van der Waals surface area (Å²) < 4.78 is 40.9. The van der Waals surface area contributed by atoms with Gasteiger partial charge in [-0.2, -0.15) is 13.2 Å². The summed E-state index contributed by atoms with van der Waals surface area (Å²) in [7, 11) is 0. The molecule has 0 aliphatic rings. The van der Waals surface area contributed by atoms with Gasteiger partial charge in [-0.05, 0) is 108 Å². The first-order valence-corrected chi connectivity index (χ1v) is 10.0. The molecule has 0 saturated carbocycles. The Hall–Kier alpha value is -3.99. The maximum absolute atomic E-state index is 13.6. The maximum Gasteiger partial charge on any atom is 0.420 e. The van der Waals surface area contributed by atoms with Gasteiger partial charge in [0.05, 0.1) is 0 Å². The summed E-state index contributed by atoms with van der Waals surface area (Å²) in [6.07, 6.45) is -4.80. The van der Waals surface area contributed by atoms with Crippen LogP contribution in [0.5, 0.6) is 11.5 Å². The van der Waals surface area contributed by atoms with Gasteiger partial charge in [-0.25, -0.2) is 0 Å². The summed E-state index contributed by atoms with van der Waals surface area (Å²) in [5.74, 6) is -1.94. The van der Waals surface area contributed by atoms with Crippen molar-refractivity contribution in [2.24, 2.45) is 0 Å². The Morgan fingerprint density at radius 1 is 0.500 bits per heavy atom. The second-order valence-corrected chi connectivity index (χ2v) is 8.14. The molecule has 6 aromatic rings. The van der Waals surface area contributed by atoms with Gasteiger partial charge < -0.3 is 10.2 Å². The zero-order valence-corrected chi connectivity index (χ0v) is 16.5. The third-order valence-corrected chi connectivity index (χ3v) is 6.11. The van der Waals surface area contributed by atoms with Crippen LogP contribution >= 0.6 is 0 Å². The van der Waals surface area contributed by atoms with E-state index in [0.717, 1.165) is 43.8 Å². The number of hydrogen-bond acceptors (Lipinski definition) is 2. The summed E-state index contributed by atoms with van der Waals surface area (Å²) in [5.41, 5.74) is -1.22. The molecule has 0 aliphatic carbocycles. The number of aromatic hydroxyl groups is 2. The van der Waals surface area contributed by atoms with Crippen LogP contribution in [0.15, 0.2) is 78.9 Å². The molecule has 0 radical (unpaired) electrons. The van der Waals surface area contributed by atoms with Crippen LogP contribution in [0.25, 0.3) is 53.9 Å². The minimum Gasteiger partial charge on any atom is -0.504 e. The molecule has 0 bridgehead atoms. The highest BCUT2D eigenvalue weighted by Gasteiger charge is 2.37. The van der Waals surface area contributed by atoms with Crippen LogP contribution in [-0.2, 0) is 6.18 Å². The molecule has 0 saturated heterocycles. The summed E-state index contributed by atoms with van der Waals surface area (Å²) in [4.78, 5) is 0. The van der Waals surface area contributed by atoms with Crippen molar-refractivity contribution >= 4 is 53.9 Å². The van der Waals surface area contributed by atoms with Crippen LogP contribution in [0, 0.1) is 0 Å². The van der Waals surface area contributed by atoms with E-state index in [1.807, 2.05) is 36.4 Å². The van der Waals surface area contributed by atoms with Crippen molar-refractivity contribution in [3.05, 3.63) is 84.4 Å². The highest BCUT2D eigenvalue weighted by Crippen LogP contribution is 2.46. The number of benzene rings is 6. The summed E-state index contributed by atoms with van der Waals surface area (Å²) in [5, 5.41) is 27.5. The van der Waals surface area contributed by atoms with Crippen molar-refractivity contribution in [1.82, 2.24) is 0 Å². The van der Waals surface area contributed by atoms with E-state index in [2.05, 4.69) is 24.3 Å². The van der Waals surface area contributed by atoms with Crippen molar-refractivity contribution in [3.63, 3.8) is 0 Å². The van der Waals surface area contributed by atoms with Gasteiger partial charge in [-0.1, -0.05) is 24.3 Å². The van der Waals surface area contributed by atoms with Gasteiger partial charge in [0.1, 0.15) is 5.56 Å². The van der Waals surface area contributed by atoms with E-state index in [1.54, 1.807) is 6.07 Å². The monoisotopic (exact) mass is 428 g/mol. The molecule has 0 amide bonds. The quantitative estimate of drug-likeness (QED) is 0.191. The lowest BCUT2D eigenvalue weighted by atomic mass is 9.94.